The van der Waals surface area contributed by atoms with E-state index < -0.39 is 0 Å². The molecule has 0 aliphatic carbocycles. The number of hydrogen-bond acceptors (Lipinski definition) is 3. The molecule has 0 fully saturated rings. The number of aromatic amines is 1. The molecule has 0 spiro atoms. The van der Waals surface area contributed by atoms with Gasteiger partial charge in [0.25, 0.3) is 0 Å². The van der Waals surface area contributed by atoms with Crippen LogP contribution in [0, 0.1) is 0 Å². The Hall–Kier alpha value is -3.21. The van der Waals surface area contributed by atoms with Gasteiger partial charge in [0.2, 0.25) is 0 Å². The summed E-state index contributed by atoms with van der Waals surface area (Å²) in [5.74, 6) is 0.475. The van der Waals surface area contributed by atoms with Gasteiger partial charge >= 0.3 is 0 Å². The largest absolute Gasteiger partial charge is 0.373 e. The number of rotatable bonds is 5. The van der Waals surface area contributed by atoms with Crippen molar-refractivity contribution in [1.29, 1.82) is 0 Å². The first-order valence-corrected chi connectivity index (χ1v) is 8.82. The summed E-state index contributed by atoms with van der Waals surface area (Å²) in [6.07, 6.45) is 8.57. The van der Waals surface area contributed by atoms with E-state index in [2.05, 4.69) is 20.3 Å². The number of anilines is 1. The van der Waals surface area contributed by atoms with Crippen LogP contribution < -0.4 is 5.32 Å². The Morgan fingerprint density at radius 1 is 1.19 bits per heavy atom. The number of hydrogen-bond donors (Lipinski definition) is 2. The lowest BCUT2D eigenvalue weighted by Crippen LogP contribution is -1.94. The molecule has 3 aromatic heterocycles. The van der Waals surface area contributed by atoms with Crippen molar-refractivity contribution in [3.63, 3.8) is 0 Å². The number of nitrogens with one attached hydrogen (secondary N) is 2. The highest BCUT2D eigenvalue weighted by atomic mass is 19.1. The second-order valence-electron chi connectivity index (χ2n) is 6.44. The van der Waals surface area contributed by atoms with Crippen LogP contribution in [0.4, 0.5) is 10.2 Å². The van der Waals surface area contributed by atoms with Gasteiger partial charge in [0, 0.05) is 41.7 Å². The zero-order valence-corrected chi connectivity index (χ0v) is 16.0. The Kier molecular flexibility index (Phi) is 5.50. The Morgan fingerprint density at radius 3 is 2.59 bits per heavy atom. The predicted octanol–water partition coefficient (Wildman–Crippen LogP) is 5.75. The third-order valence-corrected chi connectivity index (χ3v) is 4.40. The highest BCUT2D eigenvalue weighted by Crippen LogP contribution is 2.30. The summed E-state index contributed by atoms with van der Waals surface area (Å²) in [5.41, 5.74) is 4.84. The highest BCUT2D eigenvalue weighted by molar-refractivity contribution is 5.89. The van der Waals surface area contributed by atoms with Crippen molar-refractivity contribution in [3.05, 3.63) is 77.7 Å². The van der Waals surface area contributed by atoms with Gasteiger partial charge in [-0.15, -0.1) is 0 Å². The molecule has 3 heterocycles. The number of pyridine rings is 2. The van der Waals surface area contributed by atoms with Crippen molar-refractivity contribution >= 4 is 27.9 Å². The lowest BCUT2D eigenvalue weighted by atomic mass is 10.0. The Balaban J connectivity index is 2.00. The van der Waals surface area contributed by atoms with E-state index in [1.165, 1.54) is 0 Å². The monoisotopic (exact) mass is 362 g/mol. The Labute approximate surface area is 158 Å². The Morgan fingerprint density at radius 2 is 2.00 bits per heavy atom. The number of nitrogens with zero attached hydrogens (tertiary/aromatic N) is 2. The third kappa shape index (κ3) is 3.97. The minimum absolute atomic E-state index is 0.300. The lowest BCUT2D eigenvalue weighted by molar-refractivity contribution is 0.673. The predicted molar refractivity (Wildman–Crippen MR) is 111 cm³/mol. The van der Waals surface area contributed by atoms with Crippen LogP contribution >= 0.6 is 0 Å². The van der Waals surface area contributed by atoms with Crippen molar-refractivity contribution in [2.24, 2.45) is 0 Å². The third-order valence-electron chi connectivity index (χ3n) is 4.40. The van der Waals surface area contributed by atoms with Crippen LogP contribution in [-0.2, 0) is 0 Å². The molecule has 0 amide bonds. The van der Waals surface area contributed by atoms with Gasteiger partial charge in [0.05, 0.1) is 11.7 Å². The van der Waals surface area contributed by atoms with Crippen LogP contribution in [0.1, 0.15) is 32.0 Å². The molecule has 0 unspecified atom stereocenters. The van der Waals surface area contributed by atoms with Gasteiger partial charge in [-0.3, -0.25) is 4.98 Å². The SMILES string of the molecule is C/C=C(\C(F)=C/C(=C(C)C)c1ccc(NC)nc1)c1cc2ccncc2[nH]1. The smallest absolute Gasteiger partial charge is 0.132 e. The first-order chi connectivity index (χ1) is 13.0. The van der Waals surface area contributed by atoms with E-state index in [-0.39, 0.29) is 5.83 Å². The average Bonchev–Trinajstić information content (AvgIpc) is 3.10. The number of aromatic nitrogens is 3. The zero-order chi connectivity index (χ0) is 19.4. The summed E-state index contributed by atoms with van der Waals surface area (Å²) in [6.45, 7) is 5.77. The molecule has 0 aromatic carbocycles. The molecule has 2 N–H and O–H groups in total. The molecule has 4 nitrogen and oxygen atoms in total. The normalized spacial score (nSPS) is 12.3. The van der Waals surface area contributed by atoms with Gasteiger partial charge in [-0.1, -0.05) is 11.6 Å². The van der Waals surface area contributed by atoms with Gasteiger partial charge in [0.15, 0.2) is 0 Å². The number of fused-ring (bicyclic) bond motifs is 1. The standard InChI is InChI=1S/C22H23FN4/c1-5-17(20-10-15-8-9-25-13-21(15)27-20)19(23)11-18(14(2)3)16-6-7-22(24-4)26-12-16/h5-13,27H,1-4H3,(H,24,26)/b17-5+,19-11+. The highest BCUT2D eigenvalue weighted by Gasteiger charge is 2.12. The first-order valence-electron chi connectivity index (χ1n) is 8.82. The molecule has 3 rings (SSSR count). The van der Waals surface area contributed by atoms with Gasteiger partial charge in [-0.2, -0.15) is 0 Å². The van der Waals surface area contributed by atoms with E-state index in [4.69, 9.17) is 0 Å². The van der Waals surface area contributed by atoms with Crippen LogP contribution in [0.3, 0.4) is 0 Å². The number of H-pyrrole nitrogens is 1. The van der Waals surface area contributed by atoms with Gasteiger partial charge in [0.1, 0.15) is 11.6 Å². The van der Waals surface area contributed by atoms with Crippen molar-refractivity contribution in [1.82, 2.24) is 15.0 Å². The summed E-state index contributed by atoms with van der Waals surface area (Å²) in [4.78, 5) is 11.7. The maximum absolute atomic E-state index is 15.2. The van der Waals surface area contributed by atoms with Crippen LogP contribution in [0.15, 0.2) is 66.4 Å². The molecule has 0 aliphatic heterocycles. The average molecular weight is 362 g/mol. The van der Waals surface area contributed by atoms with Crippen LogP contribution in [0.5, 0.6) is 0 Å². The molecule has 0 bridgehead atoms. The summed E-state index contributed by atoms with van der Waals surface area (Å²) >= 11 is 0. The number of allylic oxidation sites excluding steroid dienone is 6. The molecule has 27 heavy (non-hydrogen) atoms. The summed E-state index contributed by atoms with van der Waals surface area (Å²) in [7, 11) is 1.82. The van der Waals surface area contributed by atoms with E-state index >= 15 is 4.39 Å². The summed E-state index contributed by atoms with van der Waals surface area (Å²) in [5, 5.41) is 3.99. The van der Waals surface area contributed by atoms with E-state index in [1.807, 2.05) is 52.1 Å². The summed E-state index contributed by atoms with van der Waals surface area (Å²) < 4.78 is 15.2. The van der Waals surface area contributed by atoms with Crippen molar-refractivity contribution < 1.29 is 4.39 Å². The number of halogens is 1. The Bertz CT molecular complexity index is 1000. The van der Waals surface area contributed by atoms with E-state index in [1.54, 1.807) is 30.7 Å². The minimum atomic E-state index is -0.300. The summed E-state index contributed by atoms with van der Waals surface area (Å²) in [6, 6.07) is 7.66. The van der Waals surface area contributed by atoms with Crippen LogP contribution in [0.25, 0.3) is 22.0 Å². The maximum atomic E-state index is 15.2. The molecule has 0 atom stereocenters. The van der Waals surface area contributed by atoms with Crippen molar-refractivity contribution in [2.75, 3.05) is 12.4 Å². The van der Waals surface area contributed by atoms with Gasteiger partial charge < -0.3 is 10.3 Å². The fourth-order valence-electron chi connectivity index (χ4n) is 2.96. The van der Waals surface area contributed by atoms with E-state index in [0.29, 0.717) is 5.57 Å². The molecule has 5 heteroatoms. The fourth-order valence-corrected chi connectivity index (χ4v) is 2.96. The van der Waals surface area contributed by atoms with Crippen molar-refractivity contribution in [2.45, 2.75) is 20.8 Å². The van der Waals surface area contributed by atoms with E-state index in [9.17, 15) is 0 Å². The van der Waals surface area contributed by atoms with Gasteiger partial charge in [-0.25, -0.2) is 9.37 Å². The molecule has 0 saturated heterocycles. The molecule has 0 radical (unpaired) electrons. The van der Waals surface area contributed by atoms with Crippen molar-refractivity contribution in [3.8, 4) is 0 Å². The molecule has 0 aliphatic rings. The fraction of sp³-hybridized carbons (Fsp3) is 0.182. The quantitative estimate of drug-likeness (QED) is 0.568. The molecular formula is C22H23FN4. The second kappa shape index (κ2) is 7.99. The lowest BCUT2D eigenvalue weighted by Gasteiger charge is -2.09. The minimum Gasteiger partial charge on any atom is -0.373 e. The van der Waals surface area contributed by atoms with Crippen LogP contribution in [-0.4, -0.2) is 22.0 Å². The molecular weight excluding hydrogens is 339 g/mol. The zero-order valence-electron chi connectivity index (χ0n) is 16.0. The van der Waals surface area contributed by atoms with Crippen LogP contribution in [0.2, 0.25) is 0 Å². The maximum Gasteiger partial charge on any atom is 0.132 e. The second-order valence-corrected chi connectivity index (χ2v) is 6.44. The first kappa shape index (κ1) is 18.6. The topological polar surface area (TPSA) is 53.6 Å². The molecule has 3 aromatic rings. The molecule has 138 valence electrons. The molecule has 0 saturated carbocycles. The van der Waals surface area contributed by atoms with Gasteiger partial charge in [-0.05, 0) is 56.7 Å². The van der Waals surface area contributed by atoms with E-state index in [0.717, 1.165) is 39.1 Å².